The molecule has 302 valence electrons. The number of unbranched alkanes of at least 4 members (excludes halogenated alkanes) is 27. The predicted molar refractivity (Wildman–Crippen MR) is 215 cm³/mol. The van der Waals surface area contributed by atoms with Crippen molar-refractivity contribution in [3.8, 4) is 0 Å². The van der Waals surface area contributed by atoms with Gasteiger partial charge in [0.1, 0.15) is 13.2 Å². The number of ether oxygens (including phenoxy) is 3. The van der Waals surface area contributed by atoms with E-state index in [1.807, 2.05) is 0 Å². The molecule has 51 heavy (non-hydrogen) atoms. The first-order valence-corrected chi connectivity index (χ1v) is 22.4. The molecule has 0 spiro atoms. The molecule has 0 N–H and O–H groups in total. The molecule has 1 atom stereocenters. The molecule has 0 aromatic rings. The van der Waals surface area contributed by atoms with E-state index < -0.39 is 6.10 Å². The Morgan fingerprint density at radius 2 is 0.647 bits per heavy atom. The number of hydrogen-bond acceptors (Lipinski definition) is 6. The van der Waals surface area contributed by atoms with Crippen molar-refractivity contribution in [3.63, 3.8) is 0 Å². The van der Waals surface area contributed by atoms with Crippen LogP contribution in [0.15, 0.2) is 0 Å². The molecule has 0 aromatic carbocycles. The van der Waals surface area contributed by atoms with Gasteiger partial charge in [0.05, 0.1) is 0 Å². The van der Waals surface area contributed by atoms with Crippen LogP contribution in [0, 0.1) is 5.92 Å². The van der Waals surface area contributed by atoms with E-state index >= 15 is 0 Å². The van der Waals surface area contributed by atoms with E-state index in [0.717, 1.165) is 63.7 Å². The van der Waals surface area contributed by atoms with Gasteiger partial charge in [-0.2, -0.15) is 0 Å². The highest BCUT2D eigenvalue weighted by atomic mass is 16.6. The van der Waals surface area contributed by atoms with Crippen LogP contribution in [-0.4, -0.2) is 37.2 Å². The topological polar surface area (TPSA) is 78.9 Å². The first-order chi connectivity index (χ1) is 24.9. The van der Waals surface area contributed by atoms with Gasteiger partial charge < -0.3 is 14.2 Å². The van der Waals surface area contributed by atoms with Crippen LogP contribution in [-0.2, 0) is 28.6 Å². The Balaban J connectivity index is 4.24. The lowest BCUT2D eigenvalue weighted by atomic mass is 10.0. The summed E-state index contributed by atoms with van der Waals surface area (Å²) in [4.78, 5) is 37.5. The van der Waals surface area contributed by atoms with Gasteiger partial charge in [-0.1, -0.05) is 207 Å². The SMILES string of the molecule is CCCCCCCCCCCCCCCCC(=O)OC[C@@H](COC(=O)CCCCCCCCCCCC(C)C)OC(=O)CCCCCCCCC. The fourth-order valence-electron chi connectivity index (χ4n) is 6.63. The van der Waals surface area contributed by atoms with Crippen LogP contribution in [0.5, 0.6) is 0 Å². The number of rotatable bonds is 40. The van der Waals surface area contributed by atoms with Crippen LogP contribution in [0.1, 0.15) is 246 Å². The van der Waals surface area contributed by atoms with Crippen LogP contribution in [0.4, 0.5) is 0 Å². The highest BCUT2D eigenvalue weighted by Gasteiger charge is 2.19. The molecule has 0 fully saturated rings. The molecular formula is C45H86O6. The van der Waals surface area contributed by atoms with Crippen molar-refractivity contribution in [2.45, 2.75) is 252 Å². The van der Waals surface area contributed by atoms with Crippen molar-refractivity contribution in [2.24, 2.45) is 5.92 Å². The summed E-state index contributed by atoms with van der Waals surface area (Å²) in [6.07, 6.45) is 38.1. The highest BCUT2D eigenvalue weighted by molar-refractivity contribution is 5.71. The Kier molecular flexibility index (Phi) is 38.4. The fourth-order valence-corrected chi connectivity index (χ4v) is 6.63. The lowest BCUT2D eigenvalue weighted by Crippen LogP contribution is -2.30. The minimum Gasteiger partial charge on any atom is -0.462 e. The van der Waals surface area contributed by atoms with E-state index in [4.69, 9.17) is 14.2 Å². The molecule has 0 aromatic heterocycles. The van der Waals surface area contributed by atoms with E-state index in [1.54, 1.807) is 0 Å². The maximum atomic E-state index is 12.6. The molecule has 0 saturated heterocycles. The Hall–Kier alpha value is -1.59. The summed E-state index contributed by atoms with van der Waals surface area (Å²) in [5.41, 5.74) is 0. The number of hydrogen-bond donors (Lipinski definition) is 0. The van der Waals surface area contributed by atoms with Gasteiger partial charge in [-0.25, -0.2) is 0 Å². The lowest BCUT2D eigenvalue weighted by Gasteiger charge is -2.18. The summed E-state index contributed by atoms with van der Waals surface area (Å²) in [5.74, 6) is -0.0538. The third-order valence-corrected chi connectivity index (χ3v) is 10.0. The number of carbonyl (C=O) groups is 3. The normalized spacial score (nSPS) is 11.9. The summed E-state index contributed by atoms with van der Waals surface area (Å²) >= 11 is 0. The second-order valence-corrected chi connectivity index (χ2v) is 15.8. The van der Waals surface area contributed by atoms with Crippen LogP contribution >= 0.6 is 0 Å². The molecule has 0 aliphatic carbocycles. The molecule has 0 saturated carbocycles. The monoisotopic (exact) mass is 723 g/mol. The first-order valence-electron chi connectivity index (χ1n) is 22.4. The third kappa shape index (κ3) is 39.5. The quantitative estimate of drug-likeness (QED) is 0.0356. The van der Waals surface area contributed by atoms with Gasteiger partial charge in [-0.15, -0.1) is 0 Å². The summed E-state index contributed by atoms with van der Waals surface area (Å²) in [6.45, 7) is 8.93. The zero-order valence-electron chi connectivity index (χ0n) is 34.6. The van der Waals surface area contributed by atoms with Crippen LogP contribution in [0.2, 0.25) is 0 Å². The summed E-state index contributed by atoms with van der Waals surface area (Å²) in [7, 11) is 0. The van der Waals surface area contributed by atoms with E-state index in [-0.39, 0.29) is 31.1 Å². The van der Waals surface area contributed by atoms with Crippen LogP contribution < -0.4 is 0 Å². The number of esters is 3. The van der Waals surface area contributed by atoms with Gasteiger partial charge in [0.15, 0.2) is 6.10 Å². The van der Waals surface area contributed by atoms with Crippen molar-refractivity contribution in [3.05, 3.63) is 0 Å². The molecule has 0 rings (SSSR count). The maximum absolute atomic E-state index is 12.6. The molecule has 0 aliphatic rings. The second-order valence-electron chi connectivity index (χ2n) is 15.8. The molecule has 0 amide bonds. The van der Waals surface area contributed by atoms with E-state index in [0.29, 0.717) is 19.3 Å². The molecule has 6 nitrogen and oxygen atoms in total. The Bertz CT molecular complexity index is 766. The largest absolute Gasteiger partial charge is 0.462 e. The Morgan fingerprint density at radius 3 is 0.961 bits per heavy atom. The Morgan fingerprint density at radius 1 is 0.373 bits per heavy atom. The molecule has 0 aliphatic heterocycles. The van der Waals surface area contributed by atoms with E-state index in [2.05, 4.69) is 27.7 Å². The average Bonchev–Trinajstić information content (AvgIpc) is 3.11. The molecule has 0 radical (unpaired) electrons. The minimum atomic E-state index is -0.758. The molecule has 0 bridgehead atoms. The highest BCUT2D eigenvalue weighted by Crippen LogP contribution is 2.16. The zero-order chi connectivity index (χ0) is 37.5. The van der Waals surface area contributed by atoms with Crippen molar-refractivity contribution >= 4 is 17.9 Å². The maximum Gasteiger partial charge on any atom is 0.306 e. The van der Waals surface area contributed by atoms with Crippen LogP contribution in [0.3, 0.4) is 0 Å². The van der Waals surface area contributed by atoms with Crippen LogP contribution in [0.25, 0.3) is 0 Å². The van der Waals surface area contributed by atoms with Gasteiger partial charge in [0, 0.05) is 19.3 Å². The van der Waals surface area contributed by atoms with Crippen molar-refractivity contribution in [1.29, 1.82) is 0 Å². The summed E-state index contributed by atoms with van der Waals surface area (Å²) < 4.78 is 16.6. The van der Waals surface area contributed by atoms with E-state index in [1.165, 1.54) is 141 Å². The van der Waals surface area contributed by atoms with E-state index in [9.17, 15) is 14.4 Å². The van der Waals surface area contributed by atoms with Crippen molar-refractivity contribution in [1.82, 2.24) is 0 Å². The standard InChI is InChI=1S/C45H86O6/c1-5-7-9-11-13-14-15-16-17-18-21-25-28-32-36-43(46)49-39-42(51-45(48)38-34-30-23-12-10-8-6-2)40-50-44(47)37-33-29-26-22-19-20-24-27-31-35-41(3)4/h41-42H,5-40H2,1-4H3/t42-/m0/s1. The fraction of sp³-hybridized carbons (Fsp3) is 0.933. The third-order valence-electron chi connectivity index (χ3n) is 10.0. The van der Waals surface area contributed by atoms with Gasteiger partial charge >= 0.3 is 17.9 Å². The predicted octanol–water partition coefficient (Wildman–Crippen LogP) is 13.9. The van der Waals surface area contributed by atoms with Gasteiger partial charge in [0.2, 0.25) is 0 Å². The molecular weight excluding hydrogens is 636 g/mol. The summed E-state index contributed by atoms with van der Waals surface area (Å²) in [5, 5.41) is 0. The first kappa shape index (κ1) is 49.4. The van der Waals surface area contributed by atoms with Crippen molar-refractivity contribution < 1.29 is 28.6 Å². The molecule has 0 unspecified atom stereocenters. The van der Waals surface area contributed by atoms with Crippen molar-refractivity contribution in [2.75, 3.05) is 13.2 Å². The Labute approximate surface area is 317 Å². The molecule has 0 heterocycles. The molecule has 6 heteroatoms. The summed E-state index contributed by atoms with van der Waals surface area (Å²) in [6, 6.07) is 0. The average molecular weight is 723 g/mol. The van der Waals surface area contributed by atoms with Gasteiger partial charge in [-0.3, -0.25) is 14.4 Å². The lowest BCUT2D eigenvalue weighted by molar-refractivity contribution is -0.167. The number of carbonyl (C=O) groups excluding carboxylic acids is 3. The van der Waals surface area contributed by atoms with Gasteiger partial charge in [0.25, 0.3) is 0 Å². The second kappa shape index (κ2) is 39.6. The minimum absolute atomic E-state index is 0.0645. The smallest absolute Gasteiger partial charge is 0.306 e. The zero-order valence-corrected chi connectivity index (χ0v) is 34.6. The van der Waals surface area contributed by atoms with Gasteiger partial charge in [-0.05, 0) is 25.2 Å².